The molecule has 1 rings (SSSR count). The molecule has 0 aliphatic heterocycles. The van der Waals surface area contributed by atoms with E-state index in [4.69, 9.17) is 4.74 Å². The molecular formula is C16H20F2O2. The zero-order valence-electron chi connectivity index (χ0n) is 12.0. The molecule has 1 aromatic rings. The van der Waals surface area contributed by atoms with Gasteiger partial charge in [-0.2, -0.15) is 0 Å². The highest BCUT2D eigenvalue weighted by atomic mass is 19.3. The lowest BCUT2D eigenvalue weighted by atomic mass is 9.83. The Hall–Kier alpha value is -1.71. The van der Waals surface area contributed by atoms with E-state index in [0.29, 0.717) is 5.56 Å². The molecule has 4 heteroatoms. The van der Waals surface area contributed by atoms with Gasteiger partial charge in [0.1, 0.15) is 0 Å². The molecule has 1 unspecified atom stereocenters. The van der Waals surface area contributed by atoms with E-state index in [-0.39, 0.29) is 6.61 Å². The average molecular weight is 282 g/mol. The average Bonchev–Trinajstić information content (AvgIpc) is 2.39. The fourth-order valence-corrected chi connectivity index (χ4v) is 1.99. The molecule has 0 aliphatic rings. The maximum Gasteiger partial charge on any atom is 0.313 e. The van der Waals surface area contributed by atoms with Gasteiger partial charge in [-0.3, -0.25) is 4.79 Å². The van der Waals surface area contributed by atoms with Crippen molar-refractivity contribution in [3.63, 3.8) is 0 Å². The number of carbonyl (C=O) groups excluding carboxylic acids is 1. The molecule has 0 amide bonds. The number of rotatable bonds is 6. The normalized spacial score (nSPS) is 14.4. The summed E-state index contributed by atoms with van der Waals surface area (Å²) in [6, 6.07) is 6.83. The Morgan fingerprint density at radius 1 is 1.40 bits per heavy atom. The number of hydrogen-bond donors (Lipinski definition) is 0. The first-order chi connectivity index (χ1) is 9.31. The minimum absolute atomic E-state index is 0.169. The largest absolute Gasteiger partial charge is 0.466 e. The molecule has 0 spiro atoms. The number of hydrogen-bond acceptors (Lipinski definition) is 2. The van der Waals surface area contributed by atoms with E-state index in [0.717, 1.165) is 12.5 Å². The highest BCUT2D eigenvalue weighted by Gasteiger charge is 2.41. The zero-order chi connectivity index (χ0) is 15.3. The Morgan fingerprint density at radius 3 is 2.35 bits per heavy atom. The molecule has 0 heterocycles. The van der Waals surface area contributed by atoms with Gasteiger partial charge in [0.25, 0.3) is 0 Å². The molecule has 110 valence electrons. The second kappa shape index (κ2) is 6.64. The highest BCUT2D eigenvalue weighted by Crippen LogP contribution is 2.37. The SMILES string of the molecule is C=Cc1ccc(C(C(=O)OCC)[C@@H](C)C(C)(F)F)cc1. The first-order valence-electron chi connectivity index (χ1n) is 6.58. The quantitative estimate of drug-likeness (QED) is 0.728. The fourth-order valence-electron chi connectivity index (χ4n) is 1.99. The molecule has 0 fully saturated rings. The Balaban J connectivity index is 3.15. The third kappa shape index (κ3) is 3.89. The minimum atomic E-state index is -2.96. The second-order valence-electron chi connectivity index (χ2n) is 4.85. The number of alkyl halides is 2. The van der Waals surface area contributed by atoms with Crippen molar-refractivity contribution in [2.24, 2.45) is 5.92 Å². The van der Waals surface area contributed by atoms with Crippen LogP contribution in [0.15, 0.2) is 30.8 Å². The van der Waals surface area contributed by atoms with Crippen LogP contribution in [-0.2, 0) is 9.53 Å². The van der Waals surface area contributed by atoms with E-state index in [9.17, 15) is 13.6 Å². The van der Waals surface area contributed by atoms with E-state index >= 15 is 0 Å². The lowest BCUT2D eigenvalue weighted by Gasteiger charge is -2.27. The van der Waals surface area contributed by atoms with Crippen molar-refractivity contribution >= 4 is 12.0 Å². The van der Waals surface area contributed by atoms with Crippen molar-refractivity contribution in [2.45, 2.75) is 32.6 Å². The summed E-state index contributed by atoms with van der Waals surface area (Å²) in [4.78, 5) is 12.0. The number of esters is 1. The van der Waals surface area contributed by atoms with Crippen molar-refractivity contribution < 1.29 is 18.3 Å². The first kappa shape index (κ1) is 16.3. The van der Waals surface area contributed by atoms with Crippen molar-refractivity contribution in [3.8, 4) is 0 Å². The number of halogens is 2. The van der Waals surface area contributed by atoms with Gasteiger partial charge in [0.05, 0.1) is 12.5 Å². The Kier molecular flexibility index (Phi) is 5.43. The van der Waals surface area contributed by atoms with Crippen LogP contribution in [-0.4, -0.2) is 18.5 Å². The molecule has 2 atom stereocenters. The van der Waals surface area contributed by atoms with E-state index in [1.165, 1.54) is 6.92 Å². The maximum atomic E-state index is 13.6. The smallest absolute Gasteiger partial charge is 0.313 e. The maximum absolute atomic E-state index is 13.6. The summed E-state index contributed by atoms with van der Waals surface area (Å²) in [6.45, 7) is 7.64. The Bertz CT molecular complexity index is 460. The Morgan fingerprint density at radius 2 is 1.95 bits per heavy atom. The van der Waals surface area contributed by atoms with Gasteiger partial charge >= 0.3 is 5.97 Å². The van der Waals surface area contributed by atoms with E-state index < -0.39 is 23.7 Å². The summed E-state index contributed by atoms with van der Waals surface area (Å²) in [6.07, 6.45) is 1.65. The molecule has 0 aromatic heterocycles. The van der Waals surface area contributed by atoms with Crippen LogP contribution in [0.2, 0.25) is 0 Å². The van der Waals surface area contributed by atoms with Crippen LogP contribution in [0.4, 0.5) is 8.78 Å². The van der Waals surface area contributed by atoms with Crippen LogP contribution >= 0.6 is 0 Å². The molecular weight excluding hydrogens is 262 g/mol. The van der Waals surface area contributed by atoms with Gasteiger partial charge in [0.2, 0.25) is 5.92 Å². The van der Waals surface area contributed by atoms with Gasteiger partial charge in [-0.15, -0.1) is 0 Å². The van der Waals surface area contributed by atoms with Crippen LogP contribution in [0.3, 0.4) is 0 Å². The summed E-state index contributed by atoms with van der Waals surface area (Å²) in [7, 11) is 0. The van der Waals surface area contributed by atoms with Crippen molar-refractivity contribution in [1.82, 2.24) is 0 Å². The molecule has 0 aliphatic carbocycles. The predicted octanol–water partition coefficient (Wildman–Crippen LogP) is 4.27. The highest BCUT2D eigenvalue weighted by molar-refractivity contribution is 5.78. The number of carbonyl (C=O) groups is 1. The molecule has 0 saturated heterocycles. The van der Waals surface area contributed by atoms with Crippen molar-refractivity contribution in [3.05, 3.63) is 42.0 Å². The molecule has 1 aromatic carbocycles. The van der Waals surface area contributed by atoms with Crippen molar-refractivity contribution in [1.29, 1.82) is 0 Å². The van der Waals surface area contributed by atoms with Crippen LogP contribution in [0, 0.1) is 5.92 Å². The van der Waals surface area contributed by atoms with Gasteiger partial charge in [0, 0.05) is 5.92 Å². The van der Waals surface area contributed by atoms with Crippen LogP contribution in [0.5, 0.6) is 0 Å². The topological polar surface area (TPSA) is 26.3 Å². The summed E-state index contributed by atoms with van der Waals surface area (Å²) in [5, 5.41) is 0. The lowest BCUT2D eigenvalue weighted by molar-refractivity contribution is -0.151. The molecule has 2 nitrogen and oxygen atoms in total. The lowest BCUT2D eigenvalue weighted by Crippen LogP contribution is -2.33. The Labute approximate surface area is 118 Å². The fraction of sp³-hybridized carbons (Fsp3) is 0.438. The van der Waals surface area contributed by atoms with Gasteiger partial charge < -0.3 is 4.74 Å². The van der Waals surface area contributed by atoms with Crippen LogP contribution in [0.1, 0.15) is 37.8 Å². The predicted molar refractivity (Wildman–Crippen MR) is 75.7 cm³/mol. The molecule has 0 saturated carbocycles. The molecule has 0 bridgehead atoms. The minimum Gasteiger partial charge on any atom is -0.466 e. The molecule has 0 radical (unpaired) electrons. The summed E-state index contributed by atoms with van der Waals surface area (Å²) >= 11 is 0. The van der Waals surface area contributed by atoms with Gasteiger partial charge in [0.15, 0.2) is 0 Å². The number of ether oxygens (including phenoxy) is 1. The van der Waals surface area contributed by atoms with Gasteiger partial charge in [-0.1, -0.05) is 43.8 Å². The van der Waals surface area contributed by atoms with Gasteiger partial charge in [-0.05, 0) is 25.0 Å². The van der Waals surface area contributed by atoms with Crippen molar-refractivity contribution in [2.75, 3.05) is 6.61 Å². The zero-order valence-corrected chi connectivity index (χ0v) is 12.0. The number of benzene rings is 1. The third-order valence-corrected chi connectivity index (χ3v) is 3.37. The summed E-state index contributed by atoms with van der Waals surface area (Å²) < 4.78 is 32.1. The second-order valence-corrected chi connectivity index (χ2v) is 4.85. The third-order valence-electron chi connectivity index (χ3n) is 3.37. The van der Waals surface area contributed by atoms with E-state index in [1.807, 2.05) is 0 Å². The van der Waals surface area contributed by atoms with Gasteiger partial charge in [-0.25, -0.2) is 8.78 Å². The summed E-state index contributed by atoms with van der Waals surface area (Å²) in [5.74, 6) is -5.70. The van der Waals surface area contributed by atoms with E-state index in [2.05, 4.69) is 6.58 Å². The van der Waals surface area contributed by atoms with E-state index in [1.54, 1.807) is 37.3 Å². The van der Waals surface area contributed by atoms with Crippen LogP contribution < -0.4 is 0 Å². The summed E-state index contributed by atoms with van der Waals surface area (Å²) in [5.41, 5.74) is 1.40. The standard InChI is InChI=1S/C16H20F2O2/c1-5-12-7-9-13(10-8-12)14(15(19)20-6-2)11(3)16(4,17)18/h5,7-11,14H,1,6H2,2-4H3/t11-,14?/m1/s1. The molecule has 20 heavy (non-hydrogen) atoms. The monoisotopic (exact) mass is 282 g/mol. The first-order valence-corrected chi connectivity index (χ1v) is 6.58. The van der Waals surface area contributed by atoms with Crippen LogP contribution in [0.25, 0.3) is 6.08 Å². The molecule has 0 N–H and O–H groups in total.